The van der Waals surface area contributed by atoms with Crippen LogP contribution in [-0.4, -0.2) is 42.2 Å². The van der Waals surface area contributed by atoms with Crippen LogP contribution in [0.1, 0.15) is 22.8 Å². The first-order chi connectivity index (χ1) is 21.7. The first-order valence-corrected chi connectivity index (χ1v) is 14.3. The molecular formula is C32H28N8O2S2. The number of hydrogen-bond donors (Lipinski definition) is 2. The molecule has 4 aromatic carbocycles. The third kappa shape index (κ3) is 8.77. The molecule has 0 aliphatic carbocycles. The van der Waals surface area contributed by atoms with E-state index in [2.05, 4.69) is 30.6 Å². The van der Waals surface area contributed by atoms with Crippen molar-refractivity contribution in [1.82, 2.24) is 29.7 Å². The highest BCUT2D eigenvalue weighted by molar-refractivity contribution is 7.71. The normalized spacial score (nSPS) is 10.9. The maximum atomic E-state index is 5.67. The van der Waals surface area contributed by atoms with E-state index in [1.807, 2.05) is 121 Å². The minimum absolute atomic E-state index is 0.281. The van der Waals surface area contributed by atoms with Crippen molar-refractivity contribution in [3.63, 3.8) is 0 Å². The number of ether oxygens (including phenoxy) is 2. The second-order valence-corrected chi connectivity index (χ2v) is 9.80. The Hall–Kier alpha value is -5.46. The molecule has 0 aliphatic heterocycles. The van der Waals surface area contributed by atoms with E-state index in [-0.39, 0.29) is 13.2 Å². The molecule has 0 fully saturated rings. The van der Waals surface area contributed by atoms with Crippen molar-refractivity contribution in [2.75, 3.05) is 0 Å². The number of nitrogens with one attached hydrogen (secondary N) is 2. The maximum absolute atomic E-state index is 5.67. The molecule has 0 radical (unpaired) electrons. The van der Waals surface area contributed by atoms with E-state index in [0.717, 1.165) is 22.6 Å². The average Bonchev–Trinajstić information content (AvgIpc) is 3.63. The Balaban J connectivity index is 0.000000175. The van der Waals surface area contributed by atoms with Crippen LogP contribution in [0.25, 0.3) is 0 Å². The second kappa shape index (κ2) is 15.7. The number of aromatic amines is 2. The van der Waals surface area contributed by atoms with E-state index < -0.39 is 0 Å². The number of benzene rings is 4. The molecule has 0 aliphatic rings. The van der Waals surface area contributed by atoms with Gasteiger partial charge in [-0.1, -0.05) is 97.1 Å². The monoisotopic (exact) mass is 620 g/mol. The van der Waals surface area contributed by atoms with Gasteiger partial charge in [0.25, 0.3) is 0 Å². The van der Waals surface area contributed by atoms with Crippen LogP contribution >= 0.6 is 24.4 Å². The number of aromatic nitrogens is 6. The Morgan fingerprint density at radius 1 is 0.545 bits per heavy atom. The van der Waals surface area contributed by atoms with Crippen molar-refractivity contribution < 1.29 is 9.47 Å². The van der Waals surface area contributed by atoms with Crippen LogP contribution in [0.5, 0.6) is 11.5 Å². The summed E-state index contributed by atoms with van der Waals surface area (Å²) in [5.41, 5.74) is 1.97. The highest BCUT2D eigenvalue weighted by atomic mass is 32.1. The van der Waals surface area contributed by atoms with Gasteiger partial charge in [-0.25, -0.2) is 10.2 Å². The highest BCUT2D eigenvalue weighted by Crippen LogP contribution is 2.12. The van der Waals surface area contributed by atoms with Crippen molar-refractivity contribution in [2.24, 2.45) is 10.2 Å². The Bertz CT molecular complexity index is 1760. The smallest absolute Gasteiger partial charge is 0.216 e. The quantitative estimate of drug-likeness (QED) is 0.129. The lowest BCUT2D eigenvalue weighted by atomic mass is 10.2. The molecule has 2 heterocycles. The summed E-state index contributed by atoms with van der Waals surface area (Å²) in [4.78, 5) is 0. The SMILES string of the molecule is S=c1[nH]nc(COc2ccccc2)n1N=Cc1ccccc1.S=c1[nH]nc(COc2ccccc2)n1N=Cc1ccccc1. The van der Waals surface area contributed by atoms with Crippen LogP contribution in [-0.2, 0) is 13.2 Å². The molecule has 0 spiro atoms. The zero-order valence-corrected chi connectivity index (χ0v) is 25.1. The fraction of sp³-hybridized carbons (Fsp3) is 0.0625. The minimum Gasteiger partial charge on any atom is -0.486 e. The van der Waals surface area contributed by atoms with E-state index in [0.29, 0.717) is 21.2 Å². The molecule has 44 heavy (non-hydrogen) atoms. The molecular weight excluding hydrogens is 593 g/mol. The zero-order chi connectivity index (χ0) is 30.4. The van der Waals surface area contributed by atoms with Gasteiger partial charge in [-0.3, -0.25) is 0 Å². The summed E-state index contributed by atoms with van der Waals surface area (Å²) >= 11 is 10.4. The molecule has 6 aromatic rings. The van der Waals surface area contributed by atoms with Gasteiger partial charge in [0.05, 0.1) is 12.4 Å². The number of nitrogens with zero attached hydrogens (tertiary/aromatic N) is 6. The average molecular weight is 621 g/mol. The fourth-order valence-corrected chi connectivity index (χ4v) is 4.13. The van der Waals surface area contributed by atoms with Crippen LogP contribution in [0.4, 0.5) is 0 Å². The summed E-state index contributed by atoms with van der Waals surface area (Å²) in [5.74, 6) is 2.77. The van der Waals surface area contributed by atoms with Gasteiger partial charge < -0.3 is 9.47 Å². The molecule has 2 aromatic heterocycles. The van der Waals surface area contributed by atoms with Crippen molar-refractivity contribution >= 4 is 36.9 Å². The third-order valence-electron chi connectivity index (χ3n) is 5.90. The van der Waals surface area contributed by atoms with E-state index in [1.165, 1.54) is 0 Å². The standard InChI is InChI=1S/2C16H14N4OS/c2*22-16-19-18-15(12-21-14-9-5-2-6-10-14)20(16)17-11-13-7-3-1-4-8-13/h2*1-11H,12H2,(H,19,22). The van der Waals surface area contributed by atoms with E-state index in [4.69, 9.17) is 33.9 Å². The summed E-state index contributed by atoms with van der Waals surface area (Å²) in [5, 5.41) is 22.5. The lowest BCUT2D eigenvalue weighted by molar-refractivity contribution is 0.290. The van der Waals surface area contributed by atoms with Gasteiger partial charge in [0, 0.05) is 0 Å². The van der Waals surface area contributed by atoms with Crippen molar-refractivity contribution in [3.05, 3.63) is 154 Å². The summed E-state index contributed by atoms with van der Waals surface area (Å²) in [6.07, 6.45) is 3.47. The summed E-state index contributed by atoms with van der Waals surface area (Å²) in [6.45, 7) is 0.562. The van der Waals surface area contributed by atoms with Gasteiger partial charge in [0.15, 0.2) is 11.6 Å². The Morgan fingerprint density at radius 2 is 0.886 bits per heavy atom. The van der Waals surface area contributed by atoms with Crippen LogP contribution in [0.15, 0.2) is 132 Å². The van der Waals surface area contributed by atoms with Crippen molar-refractivity contribution in [1.29, 1.82) is 0 Å². The van der Waals surface area contributed by atoms with Gasteiger partial charge >= 0.3 is 0 Å². The van der Waals surface area contributed by atoms with E-state index in [1.54, 1.807) is 21.8 Å². The van der Waals surface area contributed by atoms with Gasteiger partial charge in [-0.15, -0.1) is 0 Å². The molecule has 0 atom stereocenters. The minimum atomic E-state index is 0.281. The Labute approximate surface area is 264 Å². The van der Waals surface area contributed by atoms with Crippen LogP contribution in [0, 0.1) is 9.54 Å². The largest absolute Gasteiger partial charge is 0.486 e. The van der Waals surface area contributed by atoms with Crippen LogP contribution in [0.3, 0.4) is 0 Å². The Kier molecular flexibility index (Phi) is 10.7. The fourth-order valence-electron chi connectivity index (χ4n) is 3.73. The Morgan fingerprint density at radius 3 is 1.25 bits per heavy atom. The number of H-pyrrole nitrogens is 2. The van der Waals surface area contributed by atoms with Crippen LogP contribution < -0.4 is 9.47 Å². The van der Waals surface area contributed by atoms with E-state index >= 15 is 0 Å². The van der Waals surface area contributed by atoms with Gasteiger partial charge in [-0.05, 0) is 59.8 Å². The predicted octanol–water partition coefficient (Wildman–Crippen LogP) is 6.80. The summed E-state index contributed by atoms with van der Waals surface area (Å²) in [6, 6.07) is 38.7. The van der Waals surface area contributed by atoms with Gasteiger partial charge in [-0.2, -0.15) is 29.8 Å². The number of para-hydroxylation sites is 2. The predicted molar refractivity (Wildman–Crippen MR) is 175 cm³/mol. The molecule has 0 bridgehead atoms. The van der Waals surface area contributed by atoms with Crippen molar-refractivity contribution in [3.8, 4) is 11.5 Å². The second-order valence-electron chi connectivity index (χ2n) is 9.03. The van der Waals surface area contributed by atoms with Gasteiger partial charge in [0.1, 0.15) is 24.7 Å². The van der Waals surface area contributed by atoms with Crippen LogP contribution in [0.2, 0.25) is 0 Å². The van der Waals surface area contributed by atoms with Crippen molar-refractivity contribution in [2.45, 2.75) is 13.2 Å². The first kappa shape index (κ1) is 30.0. The third-order valence-corrected chi connectivity index (χ3v) is 6.43. The molecule has 0 saturated carbocycles. The lowest BCUT2D eigenvalue weighted by Gasteiger charge is -2.04. The summed E-state index contributed by atoms with van der Waals surface area (Å²) in [7, 11) is 0. The topological polar surface area (TPSA) is 110 Å². The van der Waals surface area contributed by atoms with Gasteiger partial charge in [0.2, 0.25) is 9.54 Å². The molecule has 2 N–H and O–H groups in total. The number of hydrogen-bond acceptors (Lipinski definition) is 8. The lowest BCUT2D eigenvalue weighted by Crippen LogP contribution is -2.04. The maximum Gasteiger partial charge on any atom is 0.216 e. The molecule has 0 amide bonds. The number of rotatable bonds is 10. The summed E-state index contributed by atoms with van der Waals surface area (Å²) < 4.78 is 15.3. The first-order valence-electron chi connectivity index (χ1n) is 13.5. The zero-order valence-electron chi connectivity index (χ0n) is 23.4. The molecule has 10 nitrogen and oxygen atoms in total. The molecule has 220 valence electrons. The molecule has 12 heteroatoms. The van der Waals surface area contributed by atoms with E-state index in [9.17, 15) is 0 Å². The highest BCUT2D eigenvalue weighted by Gasteiger charge is 2.07. The molecule has 0 unspecified atom stereocenters. The molecule has 6 rings (SSSR count). The molecule has 0 saturated heterocycles.